The van der Waals surface area contributed by atoms with Crippen molar-refractivity contribution >= 4 is 69.1 Å². The Labute approximate surface area is 387 Å². The van der Waals surface area contributed by atoms with Crippen LogP contribution >= 0.6 is 35.2 Å². The number of nitrogens with one attached hydrogen (secondary N) is 2. The van der Waals surface area contributed by atoms with Gasteiger partial charge in [0.25, 0.3) is 15.6 Å². The van der Waals surface area contributed by atoms with Gasteiger partial charge in [0.15, 0.2) is 22.8 Å². The molecule has 29 heteroatoms. The third-order valence-corrected chi connectivity index (χ3v) is 14.2. The Morgan fingerprint density at radius 1 is 0.924 bits per heavy atom. The molecule has 1 aliphatic heterocycles. The van der Waals surface area contributed by atoms with E-state index in [4.69, 9.17) is 10.5 Å². The molecular formula is C37H62N7O18P3S-4. The Morgan fingerprint density at radius 3 is 2.18 bits per heavy atom. The van der Waals surface area contributed by atoms with Gasteiger partial charge in [-0.05, 0) is 6.42 Å². The Morgan fingerprint density at radius 2 is 1.55 bits per heavy atom. The molecule has 0 bridgehead atoms. The normalized spacial score (nSPS) is 20.7. The molecule has 0 aliphatic carbocycles. The number of ether oxygens (including phenoxy) is 1. The molecule has 2 aromatic rings. The molecule has 3 heterocycles. The zero-order valence-corrected chi connectivity index (χ0v) is 40.6. The second-order valence-electron chi connectivity index (χ2n) is 16.4. The van der Waals surface area contributed by atoms with E-state index in [0.29, 0.717) is 6.42 Å². The van der Waals surface area contributed by atoms with Crippen LogP contribution < -0.4 is 35.9 Å². The van der Waals surface area contributed by atoms with Crippen molar-refractivity contribution in [2.24, 2.45) is 5.41 Å². The molecule has 2 aromatic heterocycles. The quantitative estimate of drug-likeness (QED) is 0.0421. The summed E-state index contributed by atoms with van der Waals surface area (Å²) < 4.78 is 60.8. The van der Waals surface area contributed by atoms with Gasteiger partial charge in [-0.15, -0.1) is 0 Å². The van der Waals surface area contributed by atoms with Crippen LogP contribution in [0.3, 0.4) is 0 Å². The Kier molecular flexibility index (Phi) is 24.2. The van der Waals surface area contributed by atoms with E-state index in [9.17, 15) is 63.0 Å². The molecule has 1 aliphatic rings. The van der Waals surface area contributed by atoms with Crippen molar-refractivity contribution in [2.45, 2.75) is 147 Å². The highest BCUT2D eigenvalue weighted by Crippen LogP contribution is 2.56. The summed E-state index contributed by atoms with van der Waals surface area (Å²) in [5.74, 6) is -1.33. The number of phosphoric ester groups is 3. The van der Waals surface area contributed by atoms with Crippen LogP contribution in [0, 0.1) is 5.41 Å². The van der Waals surface area contributed by atoms with E-state index >= 15 is 0 Å². The SMILES string of the molecule is CCCCCCCCCCCCC[C@@H](O)CC(=O)SCCNC(=O)CCNC(=O)[C@H](O)C(C)(C)COP(=O)([O-])OP(=O)([O-])OC[C@H]1O[C@@H](n2cnc3c(N)ncnc32)[C@H](O)[C@@H]1OP(=O)([O-])[O-]. The monoisotopic (exact) mass is 1020 g/mol. The zero-order chi connectivity index (χ0) is 49.1. The molecule has 0 aromatic carbocycles. The summed E-state index contributed by atoms with van der Waals surface area (Å²) >= 11 is 0.987. The fraction of sp³-hybridized carbons (Fsp3) is 0.784. The van der Waals surface area contributed by atoms with Crippen molar-refractivity contribution in [3.8, 4) is 0 Å². The zero-order valence-electron chi connectivity index (χ0n) is 37.1. The highest BCUT2D eigenvalue weighted by molar-refractivity contribution is 8.13. The van der Waals surface area contributed by atoms with E-state index in [0.717, 1.165) is 48.2 Å². The maximum absolute atomic E-state index is 12.6. The number of hydrogen-bond acceptors (Lipinski definition) is 23. The van der Waals surface area contributed by atoms with Gasteiger partial charge in [-0.3, -0.25) is 28.1 Å². The first-order chi connectivity index (χ1) is 30.9. The summed E-state index contributed by atoms with van der Waals surface area (Å²) in [6.45, 7) is 2.21. The number of carbonyl (C=O) groups excluding carboxylic acids is 3. The number of imidazole rings is 1. The number of anilines is 1. The average Bonchev–Trinajstić information content (AvgIpc) is 3.79. The van der Waals surface area contributed by atoms with Gasteiger partial charge >= 0.3 is 0 Å². The van der Waals surface area contributed by atoms with E-state index in [1.54, 1.807) is 0 Å². The maximum atomic E-state index is 12.6. The summed E-state index contributed by atoms with van der Waals surface area (Å²) in [4.78, 5) is 96.8. The molecule has 3 rings (SSSR count). The number of unbranched alkanes of at least 4 members (excludes halogenated alkanes) is 10. The lowest BCUT2D eigenvalue weighted by molar-refractivity contribution is -0.347. The molecule has 2 amide bonds. The highest BCUT2D eigenvalue weighted by atomic mass is 32.2. The summed E-state index contributed by atoms with van der Waals surface area (Å²) in [7, 11) is -17.6. The fourth-order valence-corrected chi connectivity index (χ4v) is 10.1. The number of rotatable bonds is 33. The molecule has 7 N–H and O–H groups in total. The topological polar surface area (TPSA) is 395 Å². The van der Waals surface area contributed by atoms with Gasteiger partial charge in [0.05, 0.1) is 33.5 Å². The van der Waals surface area contributed by atoms with Gasteiger partial charge in [0, 0.05) is 37.1 Å². The number of aliphatic hydroxyl groups is 3. The molecule has 0 saturated carbocycles. The Hall–Kier alpha value is -2.48. The van der Waals surface area contributed by atoms with Crippen LogP contribution in [-0.4, -0.2) is 114 Å². The van der Waals surface area contributed by atoms with E-state index in [1.807, 2.05) is 0 Å². The molecule has 0 radical (unpaired) electrons. The number of aliphatic hydroxyl groups excluding tert-OH is 3. The van der Waals surface area contributed by atoms with Gasteiger partial charge < -0.3 is 74.1 Å². The Balaban J connectivity index is 1.33. The van der Waals surface area contributed by atoms with E-state index < -0.39 is 90.7 Å². The van der Waals surface area contributed by atoms with Crippen LogP contribution in [0.2, 0.25) is 0 Å². The molecule has 378 valence electrons. The minimum absolute atomic E-state index is 0.0166. The lowest BCUT2D eigenvalue weighted by Gasteiger charge is -2.36. The number of phosphoric acid groups is 3. The third-order valence-electron chi connectivity index (χ3n) is 10.3. The van der Waals surface area contributed by atoms with Gasteiger partial charge in [-0.1, -0.05) is 103 Å². The lowest BCUT2D eigenvalue weighted by Crippen LogP contribution is -2.46. The number of nitrogens with zero attached hydrogens (tertiary/aromatic N) is 4. The standard InChI is InChI=1S/C37H66N7O18P3S/c1-4-5-6-7-8-9-10-11-12-13-14-15-25(45)20-28(47)66-19-18-39-27(46)16-17-40-35(50)32(49)37(2,3)22-59-65(56,57)62-64(54,55)58-21-26-31(61-63(51,52)53)30(48)36(60-26)44-24-43-29-33(38)41-23-42-34(29)44/h23-26,30-32,36,45,48-49H,4-22H2,1-3H3,(H,39,46)(H,40,50)(H,54,55)(H,56,57)(H2,38,41,42)(H2,51,52,53)/p-4/t25-,26-,30-,31-,32+,36-/m1/s1. The van der Waals surface area contributed by atoms with Crippen LogP contribution in [0.5, 0.6) is 0 Å². The molecule has 1 saturated heterocycles. The fourth-order valence-electron chi connectivity index (χ4n) is 6.67. The molecule has 2 unspecified atom stereocenters. The number of fused-ring (bicyclic) bond motifs is 1. The van der Waals surface area contributed by atoms with Crippen molar-refractivity contribution in [2.75, 3.05) is 37.8 Å². The van der Waals surface area contributed by atoms with E-state index in [-0.39, 0.29) is 53.8 Å². The minimum atomic E-state index is -5.93. The number of nitrogen functional groups attached to an aromatic ring is 1. The highest BCUT2D eigenvalue weighted by Gasteiger charge is 2.47. The van der Waals surface area contributed by atoms with E-state index in [2.05, 4.69) is 50.4 Å². The summed E-state index contributed by atoms with van der Waals surface area (Å²) in [5, 5.41) is 36.4. The lowest BCUT2D eigenvalue weighted by atomic mass is 9.87. The summed E-state index contributed by atoms with van der Waals surface area (Å²) in [5.41, 5.74) is 4.06. The number of hydrogen-bond donors (Lipinski definition) is 6. The van der Waals surface area contributed by atoms with Crippen molar-refractivity contribution in [3.05, 3.63) is 12.7 Å². The predicted octanol–water partition coefficient (Wildman–Crippen LogP) is 0.589. The first kappa shape index (κ1) is 57.8. The average molecular weight is 1020 g/mol. The Bertz CT molecular complexity index is 2000. The predicted molar refractivity (Wildman–Crippen MR) is 230 cm³/mol. The van der Waals surface area contributed by atoms with Gasteiger partial charge in [0.2, 0.25) is 11.8 Å². The summed E-state index contributed by atoms with van der Waals surface area (Å²) in [6.07, 6.45) is 5.28. The van der Waals surface area contributed by atoms with Crippen molar-refractivity contribution in [1.29, 1.82) is 0 Å². The number of aromatic nitrogens is 4. The van der Waals surface area contributed by atoms with Crippen molar-refractivity contribution in [3.63, 3.8) is 0 Å². The number of thioether (sulfide) groups is 1. The van der Waals surface area contributed by atoms with Crippen LogP contribution in [-0.2, 0) is 50.7 Å². The van der Waals surface area contributed by atoms with Crippen LogP contribution in [0.1, 0.15) is 117 Å². The number of nitrogens with two attached hydrogens (primary N) is 1. The van der Waals surface area contributed by atoms with E-state index in [1.165, 1.54) is 65.2 Å². The maximum Gasteiger partial charge on any atom is 0.274 e. The van der Waals surface area contributed by atoms with Crippen LogP contribution in [0.4, 0.5) is 5.82 Å². The molecule has 8 atom stereocenters. The van der Waals surface area contributed by atoms with Crippen molar-refractivity contribution < 1.29 is 85.6 Å². The minimum Gasteiger partial charge on any atom is -0.790 e. The number of carbonyl (C=O) groups is 3. The third kappa shape index (κ3) is 20.6. The first-order valence-corrected chi connectivity index (χ1v) is 27.0. The van der Waals surface area contributed by atoms with Crippen LogP contribution in [0.15, 0.2) is 12.7 Å². The molecule has 1 fully saturated rings. The van der Waals surface area contributed by atoms with Gasteiger partial charge in [-0.25, -0.2) is 19.3 Å². The molecule has 66 heavy (non-hydrogen) atoms. The molecular weight excluding hydrogens is 955 g/mol. The van der Waals surface area contributed by atoms with Crippen molar-refractivity contribution in [1.82, 2.24) is 30.2 Å². The van der Waals surface area contributed by atoms with Gasteiger partial charge in [-0.2, -0.15) is 0 Å². The number of amides is 2. The second-order valence-corrected chi connectivity index (χ2v) is 21.6. The summed E-state index contributed by atoms with van der Waals surface area (Å²) in [6, 6.07) is 0. The molecule has 25 nitrogen and oxygen atoms in total. The van der Waals surface area contributed by atoms with Gasteiger partial charge in [0.1, 0.15) is 36.3 Å². The largest absolute Gasteiger partial charge is 0.790 e. The first-order valence-electron chi connectivity index (χ1n) is 21.6. The second kappa shape index (κ2) is 27.6. The van der Waals surface area contributed by atoms with Crippen LogP contribution in [0.25, 0.3) is 11.2 Å². The molecule has 0 spiro atoms. The smallest absolute Gasteiger partial charge is 0.274 e.